The quantitative estimate of drug-likeness (QED) is 0.622. The molecule has 1 amide bonds. The van der Waals surface area contributed by atoms with Crippen molar-refractivity contribution in [3.63, 3.8) is 0 Å². The first-order chi connectivity index (χ1) is 15.1. The van der Waals surface area contributed by atoms with E-state index in [0.29, 0.717) is 5.56 Å². The maximum Gasteiger partial charge on any atom is 0.338 e. The summed E-state index contributed by atoms with van der Waals surface area (Å²) in [5.74, 6) is -0.785. The summed E-state index contributed by atoms with van der Waals surface area (Å²) >= 11 is 0. The number of benzene rings is 2. The molecule has 1 aliphatic heterocycles. The van der Waals surface area contributed by atoms with Gasteiger partial charge in [0.25, 0.3) is 5.91 Å². The average molecular weight is 425 g/mol. The summed E-state index contributed by atoms with van der Waals surface area (Å²) in [6, 6.07) is 17.1. The molecule has 3 rings (SSSR count). The minimum atomic E-state index is -0.872. The molecule has 1 aliphatic rings. The number of hydrogen-bond acceptors (Lipinski definition) is 5. The molecule has 0 bridgehead atoms. The number of rotatable bonds is 9. The number of esters is 1. The van der Waals surface area contributed by atoms with Crippen LogP contribution in [0, 0.1) is 0 Å². The first-order valence-corrected chi connectivity index (χ1v) is 11.0. The molecular weight excluding hydrogens is 392 g/mol. The van der Waals surface area contributed by atoms with Gasteiger partial charge in [0.1, 0.15) is 0 Å². The molecule has 0 aromatic heterocycles. The second-order valence-electron chi connectivity index (χ2n) is 7.89. The molecule has 0 aliphatic carbocycles. The van der Waals surface area contributed by atoms with Gasteiger partial charge < -0.3 is 14.8 Å². The molecule has 0 radical (unpaired) electrons. The van der Waals surface area contributed by atoms with E-state index in [1.165, 1.54) is 0 Å². The summed E-state index contributed by atoms with van der Waals surface area (Å²) in [5.41, 5.74) is 2.63. The van der Waals surface area contributed by atoms with Gasteiger partial charge in [0.2, 0.25) is 0 Å². The van der Waals surface area contributed by atoms with Crippen molar-refractivity contribution in [2.45, 2.75) is 45.4 Å². The van der Waals surface area contributed by atoms with Crippen LogP contribution >= 0.6 is 0 Å². The van der Waals surface area contributed by atoms with E-state index in [1.807, 2.05) is 42.5 Å². The molecule has 0 saturated carbocycles. The Kier molecular flexibility index (Phi) is 8.62. The van der Waals surface area contributed by atoms with E-state index < -0.39 is 12.1 Å². The average Bonchev–Trinajstić information content (AvgIpc) is 2.80. The maximum absolute atomic E-state index is 12.6. The normalized spacial score (nSPS) is 16.3. The van der Waals surface area contributed by atoms with Crippen LogP contribution in [-0.2, 0) is 20.8 Å². The molecule has 31 heavy (non-hydrogen) atoms. The number of ether oxygens (including phenoxy) is 2. The standard InChI is InChI=1S/C25H32N2O4/c1-3-7-23(21-8-5-4-6-9-21)26-24(28)19(2)31-25(29)22-12-10-20(11-13-22)18-27-14-16-30-17-15-27/h4-6,8-13,19,23H,3,7,14-18H2,1-2H3,(H,26,28)/t19-,23-/m1/s1. The number of carbonyl (C=O) groups is 2. The lowest BCUT2D eigenvalue weighted by Crippen LogP contribution is -2.38. The van der Waals surface area contributed by atoms with E-state index in [4.69, 9.17) is 9.47 Å². The van der Waals surface area contributed by atoms with Crippen molar-refractivity contribution >= 4 is 11.9 Å². The van der Waals surface area contributed by atoms with Crippen molar-refractivity contribution in [1.82, 2.24) is 10.2 Å². The zero-order valence-corrected chi connectivity index (χ0v) is 18.4. The molecule has 166 valence electrons. The molecule has 0 spiro atoms. The zero-order valence-electron chi connectivity index (χ0n) is 18.4. The lowest BCUT2D eigenvalue weighted by atomic mass is 10.0. The Morgan fingerprint density at radius 2 is 1.74 bits per heavy atom. The zero-order chi connectivity index (χ0) is 22.1. The number of nitrogens with one attached hydrogen (secondary N) is 1. The topological polar surface area (TPSA) is 67.9 Å². The minimum Gasteiger partial charge on any atom is -0.449 e. The number of amides is 1. The number of hydrogen-bond donors (Lipinski definition) is 1. The number of nitrogens with zero attached hydrogens (tertiary/aromatic N) is 1. The largest absolute Gasteiger partial charge is 0.449 e. The van der Waals surface area contributed by atoms with Gasteiger partial charge in [-0.25, -0.2) is 4.79 Å². The molecule has 6 nitrogen and oxygen atoms in total. The summed E-state index contributed by atoms with van der Waals surface area (Å²) in [6.45, 7) is 7.86. The summed E-state index contributed by atoms with van der Waals surface area (Å²) in [6.07, 6.45) is 0.884. The van der Waals surface area contributed by atoms with Gasteiger partial charge in [0.05, 0.1) is 24.8 Å². The predicted octanol–water partition coefficient (Wildman–Crippen LogP) is 3.72. The Labute approximate surface area is 184 Å². The van der Waals surface area contributed by atoms with Gasteiger partial charge in [0, 0.05) is 19.6 Å². The molecule has 2 atom stereocenters. The highest BCUT2D eigenvalue weighted by atomic mass is 16.5. The van der Waals surface area contributed by atoms with E-state index in [2.05, 4.69) is 17.1 Å². The first kappa shape index (κ1) is 23.0. The molecule has 0 unspecified atom stereocenters. The van der Waals surface area contributed by atoms with Crippen molar-refractivity contribution in [3.05, 3.63) is 71.3 Å². The van der Waals surface area contributed by atoms with Crippen LogP contribution in [0.2, 0.25) is 0 Å². The summed E-state index contributed by atoms with van der Waals surface area (Å²) in [7, 11) is 0. The van der Waals surface area contributed by atoms with Crippen LogP contribution in [0.15, 0.2) is 54.6 Å². The highest BCUT2D eigenvalue weighted by Gasteiger charge is 2.22. The van der Waals surface area contributed by atoms with Crippen molar-refractivity contribution in [3.8, 4) is 0 Å². The van der Waals surface area contributed by atoms with Crippen molar-refractivity contribution < 1.29 is 19.1 Å². The lowest BCUT2D eigenvalue weighted by molar-refractivity contribution is -0.129. The third kappa shape index (κ3) is 6.91. The van der Waals surface area contributed by atoms with E-state index >= 15 is 0 Å². The second kappa shape index (κ2) is 11.6. The van der Waals surface area contributed by atoms with Gasteiger partial charge in [-0.15, -0.1) is 0 Å². The van der Waals surface area contributed by atoms with Gasteiger partial charge >= 0.3 is 5.97 Å². The van der Waals surface area contributed by atoms with Gasteiger partial charge in [-0.05, 0) is 36.6 Å². The van der Waals surface area contributed by atoms with Gasteiger partial charge in [-0.2, -0.15) is 0 Å². The Bertz CT molecular complexity index is 832. The Morgan fingerprint density at radius 3 is 2.39 bits per heavy atom. The molecule has 6 heteroatoms. The van der Waals surface area contributed by atoms with Crippen LogP contribution < -0.4 is 5.32 Å². The van der Waals surface area contributed by atoms with Crippen LogP contribution in [0.3, 0.4) is 0 Å². The van der Waals surface area contributed by atoms with Crippen LogP contribution in [0.5, 0.6) is 0 Å². The molecule has 1 saturated heterocycles. The van der Waals surface area contributed by atoms with Gasteiger partial charge in [-0.3, -0.25) is 9.69 Å². The first-order valence-electron chi connectivity index (χ1n) is 11.0. The Hall–Kier alpha value is -2.70. The van der Waals surface area contributed by atoms with Crippen LogP contribution in [0.4, 0.5) is 0 Å². The molecule has 1 N–H and O–H groups in total. The molecule has 2 aromatic carbocycles. The fourth-order valence-corrected chi connectivity index (χ4v) is 3.63. The summed E-state index contributed by atoms with van der Waals surface area (Å²) in [4.78, 5) is 27.5. The van der Waals surface area contributed by atoms with Crippen LogP contribution in [0.25, 0.3) is 0 Å². The summed E-state index contributed by atoms with van der Waals surface area (Å²) < 4.78 is 10.8. The van der Waals surface area contributed by atoms with Crippen molar-refractivity contribution in [2.24, 2.45) is 0 Å². The van der Waals surface area contributed by atoms with E-state index in [0.717, 1.165) is 56.8 Å². The SMILES string of the molecule is CCC[C@@H](NC(=O)[C@@H](C)OC(=O)c1ccc(CN2CCOCC2)cc1)c1ccccc1. The Morgan fingerprint density at radius 1 is 1.06 bits per heavy atom. The number of morpholine rings is 1. The molecule has 1 heterocycles. The third-order valence-electron chi connectivity index (χ3n) is 5.45. The van der Waals surface area contributed by atoms with Gasteiger partial charge in [0.15, 0.2) is 6.10 Å². The van der Waals surface area contributed by atoms with Crippen molar-refractivity contribution in [1.29, 1.82) is 0 Å². The maximum atomic E-state index is 12.6. The second-order valence-corrected chi connectivity index (χ2v) is 7.89. The smallest absolute Gasteiger partial charge is 0.338 e. The van der Waals surface area contributed by atoms with Gasteiger partial charge in [-0.1, -0.05) is 55.8 Å². The fraction of sp³-hybridized carbons (Fsp3) is 0.440. The van der Waals surface area contributed by atoms with E-state index in [-0.39, 0.29) is 11.9 Å². The number of carbonyl (C=O) groups excluding carboxylic acids is 2. The highest BCUT2D eigenvalue weighted by molar-refractivity contribution is 5.92. The molecular formula is C25H32N2O4. The van der Waals surface area contributed by atoms with Crippen LogP contribution in [-0.4, -0.2) is 49.2 Å². The Balaban J connectivity index is 1.53. The molecule has 2 aromatic rings. The highest BCUT2D eigenvalue weighted by Crippen LogP contribution is 2.19. The summed E-state index contributed by atoms with van der Waals surface area (Å²) in [5, 5.41) is 3.01. The third-order valence-corrected chi connectivity index (χ3v) is 5.45. The minimum absolute atomic E-state index is 0.0978. The predicted molar refractivity (Wildman–Crippen MR) is 120 cm³/mol. The van der Waals surface area contributed by atoms with Crippen LogP contribution in [0.1, 0.15) is 54.2 Å². The van der Waals surface area contributed by atoms with E-state index in [9.17, 15) is 9.59 Å². The fourth-order valence-electron chi connectivity index (χ4n) is 3.63. The van der Waals surface area contributed by atoms with E-state index in [1.54, 1.807) is 19.1 Å². The lowest BCUT2D eigenvalue weighted by Gasteiger charge is -2.26. The van der Waals surface area contributed by atoms with Crippen molar-refractivity contribution in [2.75, 3.05) is 26.3 Å². The monoisotopic (exact) mass is 424 g/mol. The molecule has 1 fully saturated rings.